The Morgan fingerprint density at radius 3 is 2.59 bits per heavy atom. The molecule has 2 unspecified atom stereocenters. The van der Waals surface area contributed by atoms with E-state index >= 15 is 0 Å². The van der Waals surface area contributed by atoms with Crippen LogP contribution in [0, 0.1) is 5.92 Å². The maximum atomic E-state index is 13.8. The fourth-order valence-corrected chi connectivity index (χ4v) is 7.51. The first kappa shape index (κ1) is 27.4. The van der Waals surface area contributed by atoms with Gasteiger partial charge in [0.2, 0.25) is 11.8 Å². The first-order chi connectivity index (χ1) is 19.9. The van der Waals surface area contributed by atoms with E-state index in [0.29, 0.717) is 38.4 Å². The molecular weight excluding hydrogens is 536 g/mol. The normalized spacial score (nSPS) is 20.0. The first-order valence-electron chi connectivity index (χ1n) is 14.4. The van der Waals surface area contributed by atoms with Crippen LogP contribution in [0.15, 0.2) is 71.8 Å². The Balaban J connectivity index is 0.00000353. The number of carbonyl (C=O) groups is 2. The van der Waals surface area contributed by atoms with Crippen molar-refractivity contribution in [2.24, 2.45) is 5.92 Å². The van der Waals surface area contributed by atoms with E-state index in [0.717, 1.165) is 28.7 Å². The summed E-state index contributed by atoms with van der Waals surface area (Å²) in [7, 11) is 0. The summed E-state index contributed by atoms with van der Waals surface area (Å²) in [5.74, 6) is 0.497. The van der Waals surface area contributed by atoms with E-state index in [1.807, 2.05) is 73.8 Å². The molecule has 0 bridgehead atoms. The van der Waals surface area contributed by atoms with E-state index in [-0.39, 0.29) is 36.8 Å². The molecule has 41 heavy (non-hydrogen) atoms. The van der Waals surface area contributed by atoms with E-state index in [9.17, 15) is 14.4 Å². The molecule has 1 N–H and O–H groups in total. The van der Waals surface area contributed by atoms with Gasteiger partial charge in [0.05, 0.1) is 22.0 Å². The zero-order valence-electron chi connectivity index (χ0n) is 23.5. The van der Waals surface area contributed by atoms with Gasteiger partial charge in [0.15, 0.2) is 0 Å². The zero-order valence-corrected chi connectivity index (χ0v) is 24.3. The van der Waals surface area contributed by atoms with Crippen LogP contribution < -0.4 is 5.69 Å². The zero-order chi connectivity index (χ0) is 28.5. The summed E-state index contributed by atoms with van der Waals surface area (Å²) in [6.45, 7) is 6.12. The largest absolute Gasteiger partial charge is 0.342 e. The second-order valence-corrected chi connectivity index (χ2v) is 12.6. The Labute approximate surface area is 245 Å². The molecule has 9 nitrogen and oxygen atoms in total. The third-order valence-electron chi connectivity index (χ3n) is 8.20. The highest BCUT2D eigenvalue weighted by molar-refractivity contribution is 8.01. The molecule has 2 aliphatic rings. The smallest absolute Gasteiger partial charge is 0.326 e. The van der Waals surface area contributed by atoms with Gasteiger partial charge >= 0.3 is 5.69 Å². The number of nitrogens with zero attached hydrogens (tertiary/aromatic N) is 5. The summed E-state index contributed by atoms with van der Waals surface area (Å²) < 4.78 is 3.67. The van der Waals surface area contributed by atoms with Crippen molar-refractivity contribution in [3.63, 3.8) is 0 Å². The van der Waals surface area contributed by atoms with E-state index in [2.05, 4.69) is 30.0 Å². The van der Waals surface area contributed by atoms with Gasteiger partial charge in [-0.1, -0.05) is 44.2 Å². The lowest BCUT2D eigenvalue weighted by Gasteiger charge is -2.33. The minimum atomic E-state index is -0.431. The molecule has 2 aliphatic heterocycles. The molecule has 0 aliphatic carbocycles. The highest BCUT2D eigenvalue weighted by Gasteiger charge is 2.43. The van der Waals surface area contributed by atoms with Crippen LogP contribution in [0.5, 0.6) is 0 Å². The average Bonchev–Trinajstić information content (AvgIpc) is 3.70. The molecule has 0 radical (unpaired) electrons. The number of hydrogen-bond acceptors (Lipinski definition) is 5. The minimum absolute atomic E-state index is 0. The van der Waals surface area contributed by atoms with Crippen molar-refractivity contribution in [2.45, 2.75) is 56.2 Å². The number of thioether (sulfide) groups is 1. The number of aromatic amines is 1. The van der Waals surface area contributed by atoms with Gasteiger partial charge < -0.3 is 14.8 Å². The molecule has 2 aromatic heterocycles. The molecular formula is C31H38N6O3S. The van der Waals surface area contributed by atoms with Crippen LogP contribution in [0.1, 0.15) is 57.9 Å². The van der Waals surface area contributed by atoms with Crippen LogP contribution in [-0.2, 0) is 9.59 Å². The fourth-order valence-electron chi connectivity index (χ4n) is 6.00. The lowest BCUT2D eigenvalue weighted by Crippen LogP contribution is -2.42. The maximum Gasteiger partial charge on any atom is 0.326 e. The number of amides is 2. The molecule has 216 valence electrons. The number of imidazole rings is 1. The van der Waals surface area contributed by atoms with Crippen LogP contribution in [0.3, 0.4) is 0 Å². The second kappa shape index (κ2) is 11.6. The quantitative estimate of drug-likeness (QED) is 0.319. The summed E-state index contributed by atoms with van der Waals surface area (Å²) in [5, 5.41) is 3.82. The number of benzene rings is 2. The van der Waals surface area contributed by atoms with Crippen LogP contribution >= 0.6 is 11.8 Å². The van der Waals surface area contributed by atoms with Gasteiger partial charge in [0, 0.05) is 51.5 Å². The number of H-pyrrole nitrogens is 1. The molecule has 10 heteroatoms. The van der Waals surface area contributed by atoms with E-state index in [1.54, 1.807) is 18.0 Å². The Morgan fingerprint density at radius 1 is 1.07 bits per heavy atom. The van der Waals surface area contributed by atoms with Crippen LogP contribution in [0.25, 0.3) is 16.7 Å². The van der Waals surface area contributed by atoms with E-state index in [4.69, 9.17) is 0 Å². The molecule has 4 aromatic rings. The van der Waals surface area contributed by atoms with Gasteiger partial charge in [0.25, 0.3) is 0 Å². The third-order valence-corrected chi connectivity index (χ3v) is 9.67. The number of rotatable bonds is 8. The van der Waals surface area contributed by atoms with E-state index < -0.39 is 5.25 Å². The molecule has 6 rings (SSSR count). The highest BCUT2D eigenvalue weighted by atomic mass is 32.2. The monoisotopic (exact) mass is 574 g/mol. The molecule has 0 saturated carbocycles. The number of fused-ring (bicyclic) bond motifs is 1. The van der Waals surface area contributed by atoms with Crippen molar-refractivity contribution in [3.8, 4) is 5.69 Å². The number of likely N-dealkylation sites (tertiary alicyclic amines) is 1. The van der Waals surface area contributed by atoms with Crippen molar-refractivity contribution in [1.29, 1.82) is 0 Å². The maximum absolute atomic E-state index is 13.8. The topological polar surface area (TPSA) is 96.2 Å². The SMILES string of the molecule is CC(C)CCN1C(=O)C(CC(=O)N2CCC(n3c(=O)[nH]c4ccccc43)CC2)SC1c1ccccc1-n1cccn1.[HH]. The summed E-state index contributed by atoms with van der Waals surface area (Å²) in [5.41, 5.74) is 3.60. The number of piperidine rings is 1. The van der Waals surface area contributed by atoms with Crippen molar-refractivity contribution in [2.75, 3.05) is 19.6 Å². The summed E-state index contributed by atoms with van der Waals surface area (Å²) in [6, 6.07) is 17.7. The summed E-state index contributed by atoms with van der Waals surface area (Å²) >= 11 is 1.58. The number of aromatic nitrogens is 4. The first-order valence-corrected chi connectivity index (χ1v) is 15.4. The molecule has 4 heterocycles. The van der Waals surface area contributed by atoms with E-state index in [1.165, 1.54) is 0 Å². The Hall–Kier alpha value is -3.79. The second-order valence-electron chi connectivity index (χ2n) is 11.3. The Bertz CT molecular complexity index is 1590. The summed E-state index contributed by atoms with van der Waals surface area (Å²) in [4.78, 5) is 46.7. The number of para-hydroxylation sites is 3. The molecule has 2 fully saturated rings. The molecule has 2 amide bonds. The third kappa shape index (κ3) is 5.45. The molecule has 2 saturated heterocycles. The van der Waals surface area contributed by atoms with Crippen LogP contribution in [0.2, 0.25) is 0 Å². The predicted octanol–water partition coefficient (Wildman–Crippen LogP) is 5.00. The van der Waals surface area contributed by atoms with Crippen LogP contribution in [-0.4, -0.2) is 65.8 Å². The highest BCUT2D eigenvalue weighted by Crippen LogP contribution is 2.46. The van der Waals surface area contributed by atoms with Crippen molar-refractivity contribution in [1.82, 2.24) is 29.1 Å². The van der Waals surface area contributed by atoms with Gasteiger partial charge in [-0.15, -0.1) is 11.8 Å². The van der Waals surface area contributed by atoms with Crippen LogP contribution in [0.4, 0.5) is 0 Å². The molecule has 0 spiro atoms. The van der Waals surface area contributed by atoms with Gasteiger partial charge in [-0.2, -0.15) is 5.10 Å². The average molecular weight is 575 g/mol. The molecule has 2 aromatic carbocycles. The number of carbonyl (C=O) groups excluding carboxylic acids is 2. The Morgan fingerprint density at radius 2 is 1.83 bits per heavy atom. The predicted molar refractivity (Wildman–Crippen MR) is 163 cm³/mol. The number of hydrogen-bond donors (Lipinski definition) is 1. The van der Waals surface area contributed by atoms with Gasteiger partial charge in [0.1, 0.15) is 5.37 Å². The van der Waals surface area contributed by atoms with Gasteiger partial charge in [-0.3, -0.25) is 14.2 Å². The van der Waals surface area contributed by atoms with Gasteiger partial charge in [-0.05, 0) is 49.4 Å². The lowest BCUT2D eigenvalue weighted by molar-refractivity contribution is -0.136. The van der Waals surface area contributed by atoms with Crippen molar-refractivity contribution in [3.05, 3.63) is 83.0 Å². The Kier molecular flexibility index (Phi) is 7.75. The fraction of sp³-hybridized carbons (Fsp3) is 0.419. The minimum Gasteiger partial charge on any atom is -0.342 e. The molecule has 2 atom stereocenters. The lowest BCUT2D eigenvalue weighted by atomic mass is 10.0. The van der Waals surface area contributed by atoms with Gasteiger partial charge in [-0.25, -0.2) is 9.48 Å². The number of nitrogens with one attached hydrogen (secondary N) is 1. The standard InChI is InChI=1S/C31H36N6O3S.H2/c1-21(2)12-19-35-29(39)27(41-30(35)23-8-3-5-10-25(23)36-16-7-15-32-36)20-28(38)34-17-13-22(14-18-34)37-26-11-6-4-9-24(26)33-31(37)40;/h3-11,15-16,21-22,27,30H,12-14,17-20H2,1-2H3,(H,33,40);1H. The van der Waals surface area contributed by atoms with Crippen molar-refractivity contribution < 1.29 is 11.0 Å². The summed E-state index contributed by atoms with van der Waals surface area (Å²) in [6.07, 6.45) is 6.15. The van der Waals surface area contributed by atoms with Crippen molar-refractivity contribution >= 4 is 34.6 Å².